The Morgan fingerprint density at radius 1 is 1.22 bits per heavy atom. The van der Waals surface area contributed by atoms with Crippen molar-refractivity contribution in [3.8, 4) is 0 Å². The summed E-state index contributed by atoms with van der Waals surface area (Å²) in [5.74, 6) is 1.12. The summed E-state index contributed by atoms with van der Waals surface area (Å²) in [5, 5.41) is 1.30. The zero-order valence-corrected chi connectivity index (χ0v) is 10.2. The van der Waals surface area contributed by atoms with Gasteiger partial charge in [-0.25, -0.2) is 0 Å². The van der Waals surface area contributed by atoms with Gasteiger partial charge in [0.25, 0.3) is 0 Å². The second-order valence-corrected chi connectivity index (χ2v) is 5.30. The Balaban J connectivity index is 1.75. The monoisotopic (exact) mass is 236 g/mol. The highest BCUT2D eigenvalue weighted by atomic mass is 14.9. The van der Waals surface area contributed by atoms with E-state index >= 15 is 0 Å². The van der Waals surface area contributed by atoms with Gasteiger partial charge in [0.2, 0.25) is 0 Å². The fraction of sp³-hybridized carbons (Fsp3) is 0.312. The molecule has 0 saturated carbocycles. The second kappa shape index (κ2) is 3.84. The molecule has 0 bridgehead atoms. The Morgan fingerprint density at radius 2 is 2.17 bits per heavy atom. The molecule has 0 radical (unpaired) electrons. The Bertz CT molecular complexity index is 602. The molecule has 1 aromatic carbocycles. The van der Waals surface area contributed by atoms with Crippen molar-refractivity contribution >= 4 is 17.1 Å². The van der Waals surface area contributed by atoms with Crippen molar-refractivity contribution in [3.63, 3.8) is 0 Å². The fourth-order valence-electron chi connectivity index (χ4n) is 3.28. The molecule has 4 rings (SSSR count). The summed E-state index contributed by atoms with van der Waals surface area (Å²) >= 11 is 0. The number of nitrogens with zero attached hydrogens (tertiary/aromatic N) is 1. The number of para-hydroxylation sites is 1. The van der Waals surface area contributed by atoms with E-state index in [9.17, 15) is 0 Å². The van der Waals surface area contributed by atoms with Gasteiger partial charge in [-0.1, -0.05) is 30.4 Å². The first-order chi connectivity index (χ1) is 8.92. The van der Waals surface area contributed by atoms with Crippen LogP contribution in [0.5, 0.6) is 0 Å². The van der Waals surface area contributed by atoms with Gasteiger partial charge in [-0.15, -0.1) is 0 Å². The van der Waals surface area contributed by atoms with E-state index in [-0.39, 0.29) is 0 Å². The van der Waals surface area contributed by atoms with Gasteiger partial charge in [-0.05, 0) is 36.3 Å². The lowest BCUT2D eigenvalue weighted by molar-refractivity contribution is 0.431. The third kappa shape index (κ3) is 1.45. The van der Waals surface area contributed by atoms with E-state index in [0.29, 0.717) is 17.9 Å². The van der Waals surface area contributed by atoms with E-state index < -0.39 is 0 Å². The Labute approximate surface area is 106 Å². The van der Waals surface area contributed by atoms with E-state index in [2.05, 4.69) is 58.7 Å². The van der Waals surface area contributed by atoms with Crippen LogP contribution in [0.25, 0.3) is 10.9 Å². The van der Waals surface area contributed by atoms with Gasteiger partial charge >= 0.3 is 0 Å². The summed E-state index contributed by atoms with van der Waals surface area (Å²) in [5.41, 5.74) is 2.55. The van der Waals surface area contributed by atoms with Crippen molar-refractivity contribution in [1.82, 2.24) is 4.98 Å². The third-order valence-corrected chi connectivity index (χ3v) is 4.23. The predicted molar refractivity (Wildman–Crippen MR) is 75.2 cm³/mol. The maximum Gasteiger partial charge on any atom is 0.0714 e. The van der Waals surface area contributed by atoms with E-state index in [1.54, 1.807) is 0 Å². The van der Waals surface area contributed by atoms with Crippen LogP contribution in [0.2, 0.25) is 0 Å². The number of aliphatic imine (C=N–C) groups is 1. The molecule has 3 atom stereocenters. The van der Waals surface area contributed by atoms with Crippen molar-refractivity contribution in [2.24, 2.45) is 10.9 Å². The third-order valence-electron chi connectivity index (χ3n) is 4.23. The van der Waals surface area contributed by atoms with Crippen LogP contribution in [0.15, 0.2) is 47.5 Å². The van der Waals surface area contributed by atoms with Gasteiger partial charge in [-0.2, -0.15) is 0 Å². The molecule has 2 aromatic rings. The van der Waals surface area contributed by atoms with E-state index in [0.717, 1.165) is 0 Å². The zero-order chi connectivity index (χ0) is 11.9. The van der Waals surface area contributed by atoms with Gasteiger partial charge in [0.1, 0.15) is 0 Å². The van der Waals surface area contributed by atoms with Gasteiger partial charge in [-0.3, -0.25) is 4.99 Å². The number of hydrogen-bond donors (Lipinski definition) is 1. The first kappa shape index (κ1) is 10.1. The number of hydrogen-bond acceptors (Lipinski definition) is 1. The van der Waals surface area contributed by atoms with Crippen LogP contribution in [-0.2, 0) is 0 Å². The standard InChI is InChI=1S/C16H16N2/c1-3-7-14-11(5-1)9-16(18-14)13-10-17-15-8-4-2-6-12(13)15/h1,3-5,7-10,12-13,15,18H,2,6H2. The summed E-state index contributed by atoms with van der Waals surface area (Å²) in [4.78, 5) is 8.21. The average molecular weight is 236 g/mol. The van der Waals surface area contributed by atoms with Crippen LogP contribution in [-0.4, -0.2) is 17.2 Å². The van der Waals surface area contributed by atoms with Gasteiger partial charge < -0.3 is 4.98 Å². The van der Waals surface area contributed by atoms with Gasteiger partial charge in [0, 0.05) is 23.3 Å². The average Bonchev–Trinajstić information content (AvgIpc) is 3.02. The minimum Gasteiger partial charge on any atom is -0.358 e. The van der Waals surface area contributed by atoms with Crippen molar-refractivity contribution in [2.75, 3.05) is 0 Å². The smallest absolute Gasteiger partial charge is 0.0714 e. The zero-order valence-electron chi connectivity index (χ0n) is 10.2. The van der Waals surface area contributed by atoms with Crippen molar-refractivity contribution in [2.45, 2.75) is 24.8 Å². The summed E-state index contributed by atoms with van der Waals surface area (Å²) in [6, 6.07) is 11.2. The molecule has 2 heteroatoms. The van der Waals surface area contributed by atoms with Gasteiger partial charge in [0.05, 0.1) is 6.04 Å². The Kier molecular flexibility index (Phi) is 2.16. The molecule has 1 N–H and O–H groups in total. The van der Waals surface area contributed by atoms with Crippen LogP contribution in [0.3, 0.4) is 0 Å². The summed E-state index contributed by atoms with van der Waals surface area (Å²) < 4.78 is 0. The highest BCUT2D eigenvalue weighted by molar-refractivity contribution is 5.83. The number of benzene rings is 1. The molecular weight excluding hydrogens is 220 g/mol. The lowest BCUT2D eigenvalue weighted by Gasteiger charge is -2.23. The second-order valence-electron chi connectivity index (χ2n) is 5.30. The molecule has 1 aliphatic carbocycles. The molecule has 1 aliphatic heterocycles. The number of aromatic nitrogens is 1. The van der Waals surface area contributed by atoms with E-state index in [1.165, 1.54) is 29.4 Å². The normalized spacial score (nSPS) is 29.9. The molecule has 2 heterocycles. The number of H-pyrrole nitrogens is 1. The molecule has 0 saturated heterocycles. The maximum absolute atomic E-state index is 4.65. The van der Waals surface area contributed by atoms with Crippen LogP contribution in [0, 0.1) is 5.92 Å². The first-order valence-corrected chi connectivity index (χ1v) is 6.69. The molecular formula is C16H16N2. The molecule has 1 aromatic heterocycles. The predicted octanol–water partition coefficient (Wildman–Crippen LogP) is 3.67. The van der Waals surface area contributed by atoms with Crippen molar-refractivity contribution in [1.29, 1.82) is 0 Å². The molecule has 0 fully saturated rings. The summed E-state index contributed by atoms with van der Waals surface area (Å²) in [7, 11) is 0. The SMILES string of the molecule is C1=CC2N=CC(c3cc4ccccc4[nH]3)C2CC1. The topological polar surface area (TPSA) is 28.1 Å². The van der Waals surface area contributed by atoms with Crippen molar-refractivity contribution in [3.05, 3.63) is 48.2 Å². The van der Waals surface area contributed by atoms with Crippen LogP contribution in [0.1, 0.15) is 24.5 Å². The summed E-state index contributed by atoms with van der Waals surface area (Å²) in [6.45, 7) is 0. The largest absolute Gasteiger partial charge is 0.358 e. The molecule has 2 nitrogen and oxygen atoms in total. The quantitative estimate of drug-likeness (QED) is 0.732. The van der Waals surface area contributed by atoms with Crippen molar-refractivity contribution < 1.29 is 0 Å². The molecule has 18 heavy (non-hydrogen) atoms. The fourth-order valence-corrected chi connectivity index (χ4v) is 3.28. The number of rotatable bonds is 1. The maximum atomic E-state index is 4.65. The molecule has 2 aliphatic rings. The highest BCUT2D eigenvalue weighted by Gasteiger charge is 2.34. The van der Waals surface area contributed by atoms with E-state index in [4.69, 9.17) is 0 Å². The number of fused-ring (bicyclic) bond motifs is 2. The highest BCUT2D eigenvalue weighted by Crippen LogP contribution is 2.38. The van der Waals surface area contributed by atoms with Gasteiger partial charge in [0.15, 0.2) is 0 Å². The lowest BCUT2D eigenvalue weighted by atomic mass is 9.81. The Morgan fingerprint density at radius 3 is 3.11 bits per heavy atom. The summed E-state index contributed by atoms with van der Waals surface area (Å²) in [6.07, 6.45) is 9.14. The minimum atomic E-state index is 0.412. The first-order valence-electron chi connectivity index (χ1n) is 6.69. The molecule has 90 valence electrons. The number of aromatic amines is 1. The number of nitrogens with one attached hydrogen (secondary N) is 1. The van der Waals surface area contributed by atoms with Crippen LogP contribution in [0.4, 0.5) is 0 Å². The molecule has 3 unspecified atom stereocenters. The number of allylic oxidation sites excluding steroid dienone is 1. The lowest BCUT2D eigenvalue weighted by Crippen LogP contribution is -2.20. The minimum absolute atomic E-state index is 0.412. The van der Waals surface area contributed by atoms with E-state index in [1.807, 2.05) is 0 Å². The molecule has 0 amide bonds. The molecule has 0 spiro atoms. The van der Waals surface area contributed by atoms with Crippen LogP contribution >= 0.6 is 0 Å². The van der Waals surface area contributed by atoms with Crippen LogP contribution < -0.4 is 0 Å². The Hall–Kier alpha value is -1.83.